The van der Waals surface area contributed by atoms with Crippen LogP contribution in [0.1, 0.15) is 31.7 Å². The Morgan fingerprint density at radius 1 is 1.42 bits per heavy atom. The summed E-state index contributed by atoms with van der Waals surface area (Å²) in [6, 6.07) is 1.10. The van der Waals surface area contributed by atoms with Gasteiger partial charge in [-0.3, -0.25) is 9.48 Å². The Kier molecular flexibility index (Phi) is 5.09. The summed E-state index contributed by atoms with van der Waals surface area (Å²) >= 11 is 0. The highest BCUT2D eigenvalue weighted by Gasteiger charge is 2.23. The van der Waals surface area contributed by atoms with E-state index >= 15 is 0 Å². The fourth-order valence-electron chi connectivity index (χ4n) is 1.87. The van der Waals surface area contributed by atoms with Crippen molar-refractivity contribution in [2.75, 3.05) is 0 Å². The maximum atomic E-state index is 11.7. The van der Waals surface area contributed by atoms with E-state index in [0.29, 0.717) is 6.54 Å². The lowest BCUT2D eigenvalue weighted by Gasteiger charge is -2.17. The van der Waals surface area contributed by atoms with Crippen molar-refractivity contribution in [3.05, 3.63) is 17.5 Å². The van der Waals surface area contributed by atoms with Gasteiger partial charge in [-0.15, -0.1) is 0 Å². The van der Waals surface area contributed by atoms with Crippen LogP contribution in [0.5, 0.6) is 0 Å². The summed E-state index contributed by atoms with van der Waals surface area (Å²) in [5, 5.41) is 15.8. The molecule has 0 aromatic carbocycles. The molecule has 0 aliphatic heterocycles. The SMILES string of the molecule is Cc1cc(C)n(CCC(=O)N[C@H](C(=O)O)C(C)C)n1. The van der Waals surface area contributed by atoms with Crippen molar-refractivity contribution < 1.29 is 14.7 Å². The smallest absolute Gasteiger partial charge is 0.326 e. The van der Waals surface area contributed by atoms with Crippen LogP contribution in [0, 0.1) is 19.8 Å². The van der Waals surface area contributed by atoms with Crippen LogP contribution in [0.15, 0.2) is 6.07 Å². The van der Waals surface area contributed by atoms with E-state index in [9.17, 15) is 9.59 Å². The van der Waals surface area contributed by atoms with Gasteiger partial charge >= 0.3 is 5.97 Å². The topological polar surface area (TPSA) is 84.2 Å². The van der Waals surface area contributed by atoms with Gasteiger partial charge in [0.15, 0.2) is 0 Å². The second-order valence-corrected chi connectivity index (χ2v) is 5.03. The average molecular weight is 267 g/mol. The van der Waals surface area contributed by atoms with E-state index in [-0.39, 0.29) is 18.2 Å². The van der Waals surface area contributed by atoms with Crippen LogP contribution in [-0.4, -0.2) is 32.8 Å². The van der Waals surface area contributed by atoms with Crippen molar-refractivity contribution in [3.8, 4) is 0 Å². The van der Waals surface area contributed by atoms with Crippen molar-refractivity contribution in [1.82, 2.24) is 15.1 Å². The number of hydrogen-bond donors (Lipinski definition) is 2. The second-order valence-electron chi connectivity index (χ2n) is 5.03. The van der Waals surface area contributed by atoms with Crippen LogP contribution in [-0.2, 0) is 16.1 Å². The lowest BCUT2D eigenvalue weighted by Crippen LogP contribution is -2.44. The lowest BCUT2D eigenvalue weighted by molar-refractivity contribution is -0.143. The van der Waals surface area contributed by atoms with Gasteiger partial charge in [0, 0.05) is 18.7 Å². The van der Waals surface area contributed by atoms with Crippen molar-refractivity contribution in [1.29, 1.82) is 0 Å². The van der Waals surface area contributed by atoms with E-state index in [0.717, 1.165) is 11.4 Å². The normalized spacial score (nSPS) is 12.5. The molecule has 1 amide bonds. The van der Waals surface area contributed by atoms with E-state index in [4.69, 9.17) is 5.11 Å². The molecule has 1 aromatic heterocycles. The summed E-state index contributed by atoms with van der Waals surface area (Å²) < 4.78 is 1.75. The number of hydrogen-bond acceptors (Lipinski definition) is 3. The van der Waals surface area contributed by atoms with Crippen molar-refractivity contribution >= 4 is 11.9 Å². The molecular weight excluding hydrogens is 246 g/mol. The number of rotatable bonds is 6. The summed E-state index contributed by atoms with van der Waals surface area (Å²) in [4.78, 5) is 22.7. The first kappa shape index (κ1) is 15.2. The number of nitrogens with one attached hydrogen (secondary N) is 1. The predicted octanol–water partition coefficient (Wildman–Crippen LogP) is 1.12. The van der Waals surface area contributed by atoms with Gasteiger partial charge in [0.1, 0.15) is 6.04 Å². The second kappa shape index (κ2) is 6.36. The van der Waals surface area contributed by atoms with E-state index in [1.165, 1.54) is 0 Å². The molecule has 1 aromatic rings. The summed E-state index contributed by atoms with van der Waals surface area (Å²) in [5.41, 5.74) is 1.90. The Morgan fingerprint density at radius 3 is 2.47 bits per heavy atom. The molecule has 0 radical (unpaired) electrons. The fourth-order valence-corrected chi connectivity index (χ4v) is 1.87. The maximum absolute atomic E-state index is 11.7. The van der Waals surface area contributed by atoms with Crippen LogP contribution in [0.2, 0.25) is 0 Å². The molecule has 0 unspecified atom stereocenters. The number of carboxylic acid groups (broad SMARTS) is 1. The van der Waals surface area contributed by atoms with Gasteiger partial charge in [-0.2, -0.15) is 5.10 Å². The predicted molar refractivity (Wildman–Crippen MR) is 70.7 cm³/mol. The maximum Gasteiger partial charge on any atom is 0.326 e. The minimum Gasteiger partial charge on any atom is -0.480 e. The molecule has 1 heterocycles. The van der Waals surface area contributed by atoms with Gasteiger partial charge < -0.3 is 10.4 Å². The standard InChI is InChI=1S/C13H21N3O3/c1-8(2)12(13(18)19)14-11(17)5-6-16-10(4)7-9(3)15-16/h7-8,12H,5-6H2,1-4H3,(H,14,17)(H,18,19)/t12-/m0/s1. The van der Waals surface area contributed by atoms with E-state index in [2.05, 4.69) is 10.4 Å². The number of carboxylic acids is 1. The number of aryl methyl sites for hydroxylation is 3. The molecule has 1 rings (SSSR count). The molecule has 106 valence electrons. The third-order valence-corrected chi connectivity index (χ3v) is 2.90. The van der Waals surface area contributed by atoms with Gasteiger partial charge in [-0.25, -0.2) is 4.79 Å². The Balaban J connectivity index is 2.52. The molecule has 19 heavy (non-hydrogen) atoms. The molecule has 0 saturated carbocycles. The van der Waals surface area contributed by atoms with E-state index in [1.54, 1.807) is 18.5 Å². The zero-order chi connectivity index (χ0) is 14.6. The summed E-state index contributed by atoms with van der Waals surface area (Å²) in [5.74, 6) is -1.42. The lowest BCUT2D eigenvalue weighted by atomic mass is 10.0. The van der Waals surface area contributed by atoms with Crippen LogP contribution in [0.25, 0.3) is 0 Å². The molecule has 0 aliphatic rings. The molecule has 1 atom stereocenters. The molecule has 0 saturated heterocycles. The number of carbonyl (C=O) groups excluding carboxylic acids is 1. The zero-order valence-electron chi connectivity index (χ0n) is 11.8. The molecule has 0 fully saturated rings. The quantitative estimate of drug-likeness (QED) is 0.808. The van der Waals surface area contributed by atoms with Gasteiger partial charge in [0.25, 0.3) is 0 Å². The monoisotopic (exact) mass is 267 g/mol. The van der Waals surface area contributed by atoms with E-state index < -0.39 is 12.0 Å². The summed E-state index contributed by atoms with van der Waals surface area (Å²) in [6.45, 7) is 7.80. The molecule has 0 aliphatic carbocycles. The largest absolute Gasteiger partial charge is 0.480 e. The molecule has 6 heteroatoms. The van der Waals surface area contributed by atoms with Gasteiger partial charge in [-0.05, 0) is 25.8 Å². The van der Waals surface area contributed by atoms with Crippen LogP contribution < -0.4 is 5.32 Å². The van der Waals surface area contributed by atoms with Crippen LogP contribution >= 0.6 is 0 Å². The Morgan fingerprint density at radius 2 is 2.05 bits per heavy atom. The third kappa shape index (κ3) is 4.39. The highest BCUT2D eigenvalue weighted by Crippen LogP contribution is 2.04. The highest BCUT2D eigenvalue weighted by atomic mass is 16.4. The van der Waals surface area contributed by atoms with Crippen molar-refractivity contribution in [2.45, 2.75) is 46.7 Å². The van der Waals surface area contributed by atoms with Crippen molar-refractivity contribution in [2.24, 2.45) is 5.92 Å². The zero-order valence-corrected chi connectivity index (χ0v) is 11.8. The van der Waals surface area contributed by atoms with E-state index in [1.807, 2.05) is 19.9 Å². The van der Waals surface area contributed by atoms with Gasteiger partial charge in [0.2, 0.25) is 5.91 Å². The first-order valence-electron chi connectivity index (χ1n) is 6.34. The fraction of sp³-hybridized carbons (Fsp3) is 0.615. The summed E-state index contributed by atoms with van der Waals surface area (Å²) in [6.07, 6.45) is 0.221. The molecule has 0 spiro atoms. The van der Waals surface area contributed by atoms with Crippen LogP contribution in [0.4, 0.5) is 0 Å². The Labute approximate surface area is 112 Å². The Hall–Kier alpha value is -1.85. The third-order valence-electron chi connectivity index (χ3n) is 2.90. The van der Waals surface area contributed by atoms with Crippen LogP contribution in [0.3, 0.4) is 0 Å². The minimum atomic E-state index is -1.01. The van der Waals surface area contributed by atoms with Gasteiger partial charge in [0.05, 0.1) is 5.69 Å². The first-order chi connectivity index (χ1) is 8.81. The molecule has 2 N–H and O–H groups in total. The molecule has 0 bridgehead atoms. The average Bonchev–Trinajstić information content (AvgIpc) is 2.61. The highest BCUT2D eigenvalue weighted by molar-refractivity contribution is 5.83. The number of aromatic nitrogens is 2. The summed E-state index contributed by atoms with van der Waals surface area (Å²) in [7, 11) is 0. The Bertz CT molecular complexity index is 466. The van der Waals surface area contributed by atoms with Gasteiger partial charge in [-0.1, -0.05) is 13.8 Å². The van der Waals surface area contributed by atoms with Crippen molar-refractivity contribution in [3.63, 3.8) is 0 Å². The number of nitrogens with zero attached hydrogens (tertiary/aromatic N) is 2. The minimum absolute atomic E-state index is 0.143. The number of carbonyl (C=O) groups is 2. The molecular formula is C13H21N3O3. The number of aliphatic carboxylic acids is 1. The number of amides is 1. The first-order valence-corrected chi connectivity index (χ1v) is 6.34. The molecule has 6 nitrogen and oxygen atoms in total.